The van der Waals surface area contributed by atoms with Gasteiger partial charge in [0.1, 0.15) is 9.88 Å². The zero-order chi connectivity index (χ0) is 14.8. The number of aromatic nitrogens is 3. The summed E-state index contributed by atoms with van der Waals surface area (Å²) >= 11 is 1.50. The minimum Gasteiger partial charge on any atom is -0.333 e. The van der Waals surface area contributed by atoms with E-state index in [2.05, 4.69) is 34.2 Å². The van der Waals surface area contributed by atoms with Gasteiger partial charge in [-0.25, -0.2) is 4.98 Å². The van der Waals surface area contributed by atoms with Gasteiger partial charge in [-0.3, -0.25) is 0 Å². The molecule has 0 amide bonds. The molecule has 108 valence electrons. The molecule has 0 bridgehead atoms. The Hall–Kier alpha value is -2.05. The van der Waals surface area contributed by atoms with Crippen molar-refractivity contribution in [1.82, 2.24) is 15.1 Å². The molecule has 0 fully saturated rings. The predicted octanol–water partition coefficient (Wildman–Crippen LogP) is 2.86. The Labute approximate surface area is 126 Å². The highest BCUT2D eigenvalue weighted by Crippen LogP contribution is 2.28. The Morgan fingerprint density at radius 2 is 2.00 bits per heavy atom. The van der Waals surface area contributed by atoms with Crippen molar-refractivity contribution in [2.45, 2.75) is 26.8 Å². The summed E-state index contributed by atoms with van der Waals surface area (Å²) in [4.78, 5) is 9.76. The predicted molar refractivity (Wildman–Crippen MR) is 82.0 cm³/mol. The molecule has 0 saturated heterocycles. The highest BCUT2D eigenvalue weighted by Gasteiger charge is 2.16. The molecule has 0 spiro atoms. The van der Waals surface area contributed by atoms with Crippen molar-refractivity contribution in [2.75, 3.05) is 0 Å². The van der Waals surface area contributed by atoms with Gasteiger partial charge in [0.2, 0.25) is 0 Å². The summed E-state index contributed by atoms with van der Waals surface area (Å²) < 4.78 is 5.37. The molecule has 0 radical (unpaired) electrons. The van der Waals surface area contributed by atoms with E-state index in [1.165, 1.54) is 22.5 Å². The summed E-state index contributed by atoms with van der Waals surface area (Å²) in [5.41, 5.74) is 8.92. The van der Waals surface area contributed by atoms with Crippen LogP contribution in [-0.4, -0.2) is 15.1 Å². The molecule has 0 aliphatic heterocycles. The van der Waals surface area contributed by atoms with Crippen LogP contribution in [-0.2, 0) is 13.0 Å². The maximum atomic E-state index is 5.62. The number of nitrogens with two attached hydrogens (primary N) is 1. The average Bonchev–Trinajstić information content (AvgIpc) is 3.07. The number of benzene rings is 1. The third-order valence-electron chi connectivity index (χ3n) is 3.29. The van der Waals surface area contributed by atoms with Crippen molar-refractivity contribution >= 4 is 11.3 Å². The van der Waals surface area contributed by atoms with Crippen LogP contribution in [0, 0.1) is 13.8 Å². The van der Waals surface area contributed by atoms with Crippen LogP contribution in [0.2, 0.25) is 0 Å². The number of hydrogen-bond donors (Lipinski definition) is 1. The largest absolute Gasteiger partial charge is 0.333 e. The first kappa shape index (κ1) is 13.9. The summed E-state index contributed by atoms with van der Waals surface area (Å²) in [6.07, 6.45) is 0.664. The maximum Gasteiger partial charge on any atom is 0.269 e. The summed E-state index contributed by atoms with van der Waals surface area (Å²) in [6.45, 7) is 4.43. The second kappa shape index (κ2) is 5.75. The van der Waals surface area contributed by atoms with Gasteiger partial charge in [-0.2, -0.15) is 4.98 Å². The minimum atomic E-state index is 0.426. The minimum absolute atomic E-state index is 0.426. The fraction of sp³-hybridized carbons (Fsp3) is 0.267. The normalized spacial score (nSPS) is 11.0. The summed E-state index contributed by atoms with van der Waals surface area (Å²) in [7, 11) is 0. The average molecular weight is 300 g/mol. The lowest BCUT2D eigenvalue weighted by molar-refractivity contribution is 0.424. The van der Waals surface area contributed by atoms with Crippen molar-refractivity contribution < 1.29 is 4.52 Å². The zero-order valence-corrected chi connectivity index (χ0v) is 12.8. The van der Waals surface area contributed by atoms with Gasteiger partial charge in [-0.15, -0.1) is 11.3 Å². The van der Waals surface area contributed by atoms with E-state index in [-0.39, 0.29) is 0 Å². The Morgan fingerprint density at radius 3 is 2.71 bits per heavy atom. The maximum absolute atomic E-state index is 5.62. The quantitative estimate of drug-likeness (QED) is 0.801. The van der Waals surface area contributed by atoms with Crippen LogP contribution < -0.4 is 5.73 Å². The van der Waals surface area contributed by atoms with Crippen LogP contribution in [0.3, 0.4) is 0 Å². The van der Waals surface area contributed by atoms with E-state index < -0.39 is 0 Å². The molecule has 3 rings (SSSR count). The van der Waals surface area contributed by atoms with Gasteiger partial charge in [0.05, 0.1) is 5.69 Å². The summed E-state index contributed by atoms with van der Waals surface area (Å²) in [6, 6.07) is 8.20. The molecule has 0 aliphatic carbocycles. The molecule has 2 N–H and O–H groups in total. The smallest absolute Gasteiger partial charge is 0.269 e. The Bertz CT molecular complexity index is 763. The zero-order valence-electron chi connectivity index (χ0n) is 12.0. The van der Waals surface area contributed by atoms with Gasteiger partial charge in [-0.1, -0.05) is 29.4 Å². The lowest BCUT2D eigenvalue weighted by atomic mass is 10.1. The molecule has 21 heavy (non-hydrogen) atoms. The molecule has 6 heteroatoms. The number of aryl methyl sites for hydroxylation is 2. The molecule has 0 unspecified atom stereocenters. The van der Waals surface area contributed by atoms with Crippen LogP contribution in [0.25, 0.3) is 10.8 Å². The number of hydrogen-bond acceptors (Lipinski definition) is 6. The van der Waals surface area contributed by atoms with E-state index in [9.17, 15) is 0 Å². The summed E-state index contributed by atoms with van der Waals surface area (Å²) in [5, 5.41) is 4.94. The standard InChI is InChI=1S/C15H16N4OS/c1-9-5-3-4-6-11(9)7-12-18-15(20-19-12)14-10(2)17-13(8-16)21-14/h3-6H,7-8,16H2,1-2H3. The van der Waals surface area contributed by atoms with Crippen LogP contribution in [0.5, 0.6) is 0 Å². The monoisotopic (exact) mass is 300 g/mol. The van der Waals surface area contributed by atoms with Crippen molar-refractivity contribution in [1.29, 1.82) is 0 Å². The van der Waals surface area contributed by atoms with Crippen LogP contribution in [0.1, 0.15) is 27.7 Å². The Morgan fingerprint density at radius 1 is 1.19 bits per heavy atom. The van der Waals surface area contributed by atoms with E-state index >= 15 is 0 Å². The van der Waals surface area contributed by atoms with Gasteiger partial charge in [-0.05, 0) is 25.0 Å². The molecular formula is C15H16N4OS. The van der Waals surface area contributed by atoms with Crippen molar-refractivity contribution in [3.63, 3.8) is 0 Å². The molecule has 2 aromatic heterocycles. The molecule has 2 heterocycles. The van der Waals surface area contributed by atoms with Gasteiger partial charge >= 0.3 is 0 Å². The van der Waals surface area contributed by atoms with E-state index in [1.54, 1.807) is 0 Å². The number of rotatable bonds is 4. The van der Waals surface area contributed by atoms with Crippen molar-refractivity contribution in [3.8, 4) is 10.8 Å². The van der Waals surface area contributed by atoms with Gasteiger partial charge in [0, 0.05) is 13.0 Å². The molecule has 0 aliphatic rings. The highest BCUT2D eigenvalue weighted by atomic mass is 32.1. The van der Waals surface area contributed by atoms with Gasteiger partial charge < -0.3 is 10.3 Å². The molecule has 3 aromatic rings. The number of thiazole rings is 1. The van der Waals surface area contributed by atoms with E-state index in [0.717, 1.165) is 15.6 Å². The Balaban J connectivity index is 1.86. The van der Waals surface area contributed by atoms with Gasteiger partial charge in [0.15, 0.2) is 5.82 Å². The van der Waals surface area contributed by atoms with Gasteiger partial charge in [0.25, 0.3) is 5.89 Å². The lowest BCUT2D eigenvalue weighted by Crippen LogP contribution is -1.94. The topological polar surface area (TPSA) is 77.8 Å². The first-order valence-corrected chi connectivity index (χ1v) is 7.53. The molecule has 1 aromatic carbocycles. The second-order valence-corrected chi connectivity index (χ2v) is 5.93. The van der Waals surface area contributed by atoms with Crippen LogP contribution in [0.15, 0.2) is 28.8 Å². The van der Waals surface area contributed by atoms with Crippen molar-refractivity contribution in [2.24, 2.45) is 5.73 Å². The highest BCUT2D eigenvalue weighted by molar-refractivity contribution is 7.15. The molecular weight excluding hydrogens is 284 g/mol. The van der Waals surface area contributed by atoms with E-state index in [4.69, 9.17) is 10.3 Å². The number of nitrogens with zero attached hydrogens (tertiary/aromatic N) is 3. The van der Waals surface area contributed by atoms with Crippen LogP contribution in [0.4, 0.5) is 0 Å². The fourth-order valence-corrected chi connectivity index (χ4v) is 3.00. The fourth-order valence-electron chi connectivity index (χ4n) is 2.13. The third kappa shape index (κ3) is 2.86. The summed E-state index contributed by atoms with van der Waals surface area (Å²) in [5.74, 6) is 1.20. The SMILES string of the molecule is Cc1ccccc1Cc1noc(-c2sc(CN)nc2C)n1. The molecule has 0 atom stereocenters. The van der Waals surface area contributed by atoms with Crippen molar-refractivity contribution in [3.05, 3.63) is 51.9 Å². The lowest BCUT2D eigenvalue weighted by Gasteiger charge is -2.00. The van der Waals surface area contributed by atoms with E-state index in [0.29, 0.717) is 24.7 Å². The second-order valence-electron chi connectivity index (χ2n) is 4.85. The molecule has 5 nitrogen and oxygen atoms in total. The first-order valence-electron chi connectivity index (χ1n) is 6.71. The van der Waals surface area contributed by atoms with E-state index in [1.807, 2.05) is 19.1 Å². The molecule has 0 saturated carbocycles. The Kier molecular flexibility index (Phi) is 3.81. The first-order chi connectivity index (χ1) is 10.2. The third-order valence-corrected chi connectivity index (χ3v) is 4.46. The van der Waals surface area contributed by atoms with Crippen LogP contribution >= 0.6 is 11.3 Å².